The van der Waals surface area contributed by atoms with Crippen LogP contribution >= 0.6 is 0 Å². The molecule has 1 heterocycles. The van der Waals surface area contributed by atoms with E-state index < -0.39 is 35.5 Å². The van der Waals surface area contributed by atoms with Crippen molar-refractivity contribution in [2.45, 2.75) is 44.1 Å². The number of aliphatic hydroxyl groups excluding tert-OH is 2. The summed E-state index contributed by atoms with van der Waals surface area (Å²) in [7, 11) is 2.82. The van der Waals surface area contributed by atoms with E-state index in [0.29, 0.717) is 29.7 Å². The van der Waals surface area contributed by atoms with Crippen LogP contribution in [0.3, 0.4) is 0 Å². The Morgan fingerprint density at radius 2 is 1.71 bits per heavy atom. The Balaban J connectivity index is 1.71. The average molecular weight is 523 g/mol. The average Bonchev–Trinajstić information content (AvgIpc) is 2.97. The minimum atomic E-state index is -1.78. The van der Waals surface area contributed by atoms with E-state index in [1.807, 2.05) is 0 Å². The number of aliphatic hydroxyl groups is 2. The highest BCUT2D eigenvalue weighted by Crippen LogP contribution is 2.21. The smallest absolute Gasteiger partial charge is 0.254 e. The van der Waals surface area contributed by atoms with Crippen molar-refractivity contribution in [1.29, 1.82) is 0 Å². The summed E-state index contributed by atoms with van der Waals surface area (Å²) in [5.74, 6) is 4.34. The number of hydrogen-bond acceptors (Lipinski definition) is 7. The summed E-state index contributed by atoms with van der Waals surface area (Å²) in [5.41, 5.74) is 0.490. The second-order valence-corrected chi connectivity index (χ2v) is 9.19. The van der Waals surface area contributed by atoms with Crippen LogP contribution in [0.4, 0.5) is 0 Å². The number of hydrogen-bond donors (Lipinski definition) is 3. The fraction of sp³-hybridized carbons (Fsp3) is 0.414. The molecular weight excluding hydrogens is 488 g/mol. The first-order chi connectivity index (χ1) is 18.2. The Labute approximate surface area is 222 Å². The lowest BCUT2D eigenvalue weighted by molar-refractivity contribution is -0.174. The molecule has 1 fully saturated rings. The first-order valence-electron chi connectivity index (χ1n) is 12.5. The van der Waals surface area contributed by atoms with Gasteiger partial charge in [-0.2, -0.15) is 0 Å². The fourth-order valence-electron chi connectivity index (χ4n) is 3.99. The van der Waals surface area contributed by atoms with Crippen molar-refractivity contribution >= 4 is 17.6 Å². The minimum Gasteiger partial charge on any atom is -0.393 e. The van der Waals surface area contributed by atoms with Crippen LogP contribution in [-0.4, -0.2) is 78.5 Å². The number of amides is 2. The predicted molar refractivity (Wildman–Crippen MR) is 140 cm³/mol. The minimum absolute atomic E-state index is 0.292. The highest BCUT2D eigenvalue weighted by Gasteiger charge is 2.46. The summed E-state index contributed by atoms with van der Waals surface area (Å²) in [6, 6.07) is 13.4. The van der Waals surface area contributed by atoms with E-state index in [1.54, 1.807) is 48.5 Å². The molecule has 9 heteroatoms. The third-order valence-electron chi connectivity index (χ3n) is 6.68. The first-order valence-corrected chi connectivity index (χ1v) is 12.5. The molecule has 2 amide bonds. The molecule has 1 saturated heterocycles. The number of benzene rings is 2. The Bertz CT molecular complexity index is 1180. The van der Waals surface area contributed by atoms with E-state index in [4.69, 9.17) is 14.6 Å². The van der Waals surface area contributed by atoms with Crippen molar-refractivity contribution in [2.24, 2.45) is 0 Å². The van der Waals surface area contributed by atoms with Crippen LogP contribution < -0.4 is 5.32 Å². The third kappa shape index (κ3) is 6.85. The molecule has 0 bridgehead atoms. The molecule has 38 heavy (non-hydrogen) atoms. The second-order valence-electron chi connectivity index (χ2n) is 9.19. The summed E-state index contributed by atoms with van der Waals surface area (Å²) < 4.78 is 11.1. The van der Waals surface area contributed by atoms with Gasteiger partial charge in [-0.25, -0.2) is 0 Å². The number of Topliss-reactive ketones (excluding diaryl/α,β-unsaturated/α-hetero) is 1. The van der Waals surface area contributed by atoms with E-state index in [-0.39, 0.29) is 13.2 Å². The number of carbonyl (C=O) groups excluding carboxylic acids is 3. The van der Waals surface area contributed by atoms with Gasteiger partial charge in [0.1, 0.15) is 12.7 Å². The van der Waals surface area contributed by atoms with Crippen molar-refractivity contribution in [1.82, 2.24) is 10.2 Å². The summed E-state index contributed by atoms with van der Waals surface area (Å²) in [6.45, 7) is 1.25. The number of ketones is 1. The molecule has 3 rings (SSSR count). The van der Waals surface area contributed by atoms with E-state index in [9.17, 15) is 19.5 Å². The zero-order chi connectivity index (χ0) is 27.7. The van der Waals surface area contributed by atoms with Gasteiger partial charge in [-0.1, -0.05) is 24.0 Å². The Morgan fingerprint density at radius 1 is 1.11 bits per heavy atom. The van der Waals surface area contributed by atoms with Crippen LogP contribution in [0.15, 0.2) is 48.5 Å². The van der Waals surface area contributed by atoms with Crippen LogP contribution in [0.5, 0.6) is 0 Å². The summed E-state index contributed by atoms with van der Waals surface area (Å²) in [6.07, 6.45) is 1.12. The number of ether oxygens (including phenoxy) is 2. The van der Waals surface area contributed by atoms with Gasteiger partial charge in [0, 0.05) is 37.4 Å². The van der Waals surface area contributed by atoms with Crippen molar-refractivity contribution < 1.29 is 34.1 Å². The van der Waals surface area contributed by atoms with E-state index >= 15 is 0 Å². The third-order valence-corrected chi connectivity index (χ3v) is 6.68. The topological polar surface area (TPSA) is 125 Å². The number of carbonyl (C=O) groups is 3. The lowest BCUT2D eigenvalue weighted by Crippen LogP contribution is -2.62. The fourth-order valence-corrected chi connectivity index (χ4v) is 3.99. The van der Waals surface area contributed by atoms with E-state index in [2.05, 4.69) is 17.2 Å². The van der Waals surface area contributed by atoms with Crippen molar-refractivity contribution in [2.75, 3.05) is 33.9 Å². The van der Waals surface area contributed by atoms with Crippen molar-refractivity contribution in [3.63, 3.8) is 0 Å². The number of nitrogens with zero attached hydrogens (tertiary/aromatic N) is 1. The van der Waals surface area contributed by atoms with Gasteiger partial charge in [-0.3, -0.25) is 14.4 Å². The van der Waals surface area contributed by atoms with Gasteiger partial charge in [0.25, 0.3) is 11.8 Å². The second kappa shape index (κ2) is 13.3. The maximum absolute atomic E-state index is 13.3. The molecule has 0 saturated carbocycles. The Hall–Kier alpha value is -3.55. The zero-order valence-corrected chi connectivity index (χ0v) is 21.9. The molecule has 3 N–H and O–H groups in total. The molecule has 202 valence electrons. The largest absolute Gasteiger partial charge is 0.393 e. The lowest BCUT2D eigenvalue weighted by atomic mass is 9.92. The van der Waals surface area contributed by atoms with Gasteiger partial charge >= 0.3 is 0 Å². The van der Waals surface area contributed by atoms with Crippen LogP contribution in [0.25, 0.3) is 0 Å². The van der Waals surface area contributed by atoms with Gasteiger partial charge in [0.15, 0.2) is 17.6 Å². The molecule has 0 spiro atoms. The van der Waals surface area contributed by atoms with Gasteiger partial charge in [0.2, 0.25) is 0 Å². The highest BCUT2D eigenvalue weighted by atomic mass is 16.7. The summed E-state index contributed by atoms with van der Waals surface area (Å²) >= 11 is 0. The van der Waals surface area contributed by atoms with Crippen LogP contribution in [0.2, 0.25) is 0 Å². The van der Waals surface area contributed by atoms with Gasteiger partial charge in [-0.15, -0.1) is 0 Å². The molecule has 2 aromatic carbocycles. The molecule has 1 aliphatic rings. The normalized spacial score (nSPS) is 17.3. The van der Waals surface area contributed by atoms with Gasteiger partial charge < -0.3 is 29.9 Å². The number of likely N-dealkylation sites (N-methyl/N-ethyl adjacent to an activating group) is 2. The molecule has 9 nitrogen and oxygen atoms in total. The lowest BCUT2D eigenvalue weighted by Gasteiger charge is -2.36. The number of nitrogens with one attached hydrogen (secondary N) is 1. The van der Waals surface area contributed by atoms with Crippen molar-refractivity contribution in [3.8, 4) is 11.8 Å². The number of rotatable bonds is 9. The molecule has 0 aliphatic carbocycles. The van der Waals surface area contributed by atoms with Crippen molar-refractivity contribution in [3.05, 3.63) is 70.8 Å². The zero-order valence-electron chi connectivity index (χ0n) is 21.9. The van der Waals surface area contributed by atoms with Crippen LogP contribution in [-0.2, 0) is 19.1 Å². The molecule has 2 aromatic rings. The monoisotopic (exact) mass is 522 g/mol. The summed E-state index contributed by atoms with van der Waals surface area (Å²) in [4.78, 5) is 40.4. The SMILES string of the molecule is CNC(=O)[C@@](C)(C(=O)COC1CCCCO1)N(C)C(=O)c1ccc(C#Cc2ccc([C@@H](O)CO)cc2)cc1. The van der Waals surface area contributed by atoms with E-state index in [1.165, 1.54) is 21.0 Å². The molecule has 0 radical (unpaired) electrons. The van der Waals surface area contributed by atoms with E-state index in [0.717, 1.165) is 23.3 Å². The van der Waals surface area contributed by atoms with Crippen LogP contribution in [0.1, 0.15) is 59.3 Å². The maximum Gasteiger partial charge on any atom is 0.254 e. The Kier molecular flexibility index (Phi) is 10.2. The summed E-state index contributed by atoms with van der Waals surface area (Å²) in [5, 5.41) is 21.2. The Morgan fingerprint density at radius 3 is 2.24 bits per heavy atom. The van der Waals surface area contributed by atoms with Gasteiger partial charge in [-0.05, 0) is 68.1 Å². The quantitative estimate of drug-likeness (QED) is 0.339. The maximum atomic E-state index is 13.3. The van der Waals surface area contributed by atoms with Crippen LogP contribution in [0, 0.1) is 11.8 Å². The standard InChI is InChI=1S/C29H34N2O7/c1-29(28(36)30-2,25(34)19-38-26-6-4-5-17-37-26)31(3)27(35)23-15-11-21(12-16-23)8-7-20-9-13-22(14-10-20)24(33)18-32/h9-16,24,26,32-33H,4-6,17-19H2,1-3H3,(H,30,36)/t24-,26?,29+/m0/s1. The predicted octanol–water partition coefficient (Wildman–Crippen LogP) is 1.80. The molecule has 0 aromatic heterocycles. The first kappa shape index (κ1) is 29.0. The molecule has 3 atom stereocenters. The molecular formula is C29H34N2O7. The molecule has 1 unspecified atom stereocenters. The molecule has 1 aliphatic heterocycles. The highest BCUT2D eigenvalue weighted by molar-refractivity contribution is 6.14. The van der Waals surface area contributed by atoms with Gasteiger partial charge in [0.05, 0.1) is 6.61 Å².